The molecule has 0 radical (unpaired) electrons. The predicted molar refractivity (Wildman–Crippen MR) is 50.7 cm³/mol. The molecule has 0 atom stereocenters. The van der Waals surface area contributed by atoms with Crippen molar-refractivity contribution in [3.63, 3.8) is 0 Å². The molecule has 0 unspecified atom stereocenters. The lowest BCUT2D eigenvalue weighted by Gasteiger charge is -1.96. The lowest BCUT2D eigenvalue weighted by molar-refractivity contribution is 0.929. The number of halogens is 2. The number of hydrogen-bond acceptors (Lipinski definition) is 4. The van der Waals surface area contributed by atoms with Gasteiger partial charge in [0.25, 0.3) is 0 Å². The summed E-state index contributed by atoms with van der Waals surface area (Å²) in [5.41, 5.74) is 6.57. The van der Waals surface area contributed by atoms with Gasteiger partial charge >= 0.3 is 0 Å². The van der Waals surface area contributed by atoms with E-state index in [1.165, 1.54) is 0 Å². The van der Waals surface area contributed by atoms with Crippen molar-refractivity contribution >= 4 is 40.2 Å². The first-order valence-electron chi connectivity index (χ1n) is 3.40. The summed E-state index contributed by atoms with van der Waals surface area (Å²) in [6.45, 7) is 0. The summed E-state index contributed by atoms with van der Waals surface area (Å²) >= 11 is 11.4. The van der Waals surface area contributed by atoms with E-state index in [1.54, 1.807) is 11.6 Å². The maximum absolute atomic E-state index is 5.76. The van der Waals surface area contributed by atoms with Crippen molar-refractivity contribution in [2.24, 2.45) is 7.05 Å². The van der Waals surface area contributed by atoms with Crippen molar-refractivity contribution in [3.05, 3.63) is 10.6 Å². The van der Waals surface area contributed by atoms with Gasteiger partial charge in [-0.2, -0.15) is 9.97 Å². The first kappa shape index (κ1) is 8.52. The number of imidazole rings is 1. The molecule has 68 valence electrons. The zero-order valence-electron chi connectivity index (χ0n) is 6.62. The highest BCUT2D eigenvalue weighted by atomic mass is 35.5. The SMILES string of the molecule is Cn1c(Cl)nc2c(N)nc(Cl)nc21. The summed E-state index contributed by atoms with van der Waals surface area (Å²) < 4.78 is 1.58. The van der Waals surface area contributed by atoms with Crippen molar-refractivity contribution in [2.45, 2.75) is 0 Å². The minimum absolute atomic E-state index is 0.0877. The Morgan fingerprint density at radius 3 is 2.62 bits per heavy atom. The maximum atomic E-state index is 5.76. The number of hydrogen-bond donors (Lipinski definition) is 1. The number of aryl methyl sites for hydroxylation is 1. The Bertz CT molecular complexity index is 477. The predicted octanol–water partition coefficient (Wildman–Crippen LogP) is 1.25. The fourth-order valence-corrected chi connectivity index (χ4v) is 1.36. The summed E-state index contributed by atoms with van der Waals surface area (Å²) in [5, 5.41) is 0.392. The number of nitrogens with zero attached hydrogens (tertiary/aromatic N) is 4. The third kappa shape index (κ3) is 1.20. The molecule has 2 N–H and O–H groups in total. The zero-order chi connectivity index (χ0) is 9.59. The van der Waals surface area contributed by atoms with Gasteiger partial charge in [0.1, 0.15) is 0 Å². The average Bonchev–Trinajstić information content (AvgIpc) is 2.32. The van der Waals surface area contributed by atoms with Gasteiger partial charge in [0.05, 0.1) is 0 Å². The molecule has 0 aromatic carbocycles. The van der Waals surface area contributed by atoms with Gasteiger partial charge in [-0.1, -0.05) is 0 Å². The lowest BCUT2D eigenvalue weighted by atomic mass is 10.5. The summed E-state index contributed by atoms with van der Waals surface area (Å²) in [7, 11) is 1.72. The molecule has 0 amide bonds. The second kappa shape index (κ2) is 2.71. The van der Waals surface area contributed by atoms with Gasteiger partial charge in [0, 0.05) is 7.05 Å². The van der Waals surface area contributed by atoms with Crippen molar-refractivity contribution < 1.29 is 0 Å². The van der Waals surface area contributed by atoms with E-state index in [4.69, 9.17) is 28.9 Å². The first-order valence-corrected chi connectivity index (χ1v) is 4.16. The smallest absolute Gasteiger partial charge is 0.226 e. The first-order chi connectivity index (χ1) is 6.09. The fraction of sp³-hybridized carbons (Fsp3) is 0.167. The summed E-state index contributed by atoms with van der Waals surface area (Å²) in [6.07, 6.45) is 0. The van der Waals surface area contributed by atoms with Crippen LogP contribution in [0.15, 0.2) is 0 Å². The van der Waals surface area contributed by atoms with Crippen LogP contribution in [0.3, 0.4) is 0 Å². The van der Waals surface area contributed by atoms with E-state index in [0.29, 0.717) is 16.4 Å². The molecule has 0 fully saturated rings. The van der Waals surface area contributed by atoms with Crippen molar-refractivity contribution in [2.75, 3.05) is 5.73 Å². The van der Waals surface area contributed by atoms with Crippen LogP contribution >= 0.6 is 23.2 Å². The van der Waals surface area contributed by atoms with Crippen molar-refractivity contribution in [3.8, 4) is 0 Å². The Labute approximate surface area is 83.5 Å². The zero-order valence-corrected chi connectivity index (χ0v) is 8.13. The highest BCUT2D eigenvalue weighted by molar-refractivity contribution is 6.30. The minimum atomic E-state index is 0.0877. The van der Waals surface area contributed by atoms with Crippen LogP contribution in [0.2, 0.25) is 10.6 Å². The number of anilines is 1. The molecule has 0 aliphatic rings. The third-order valence-corrected chi connectivity index (χ3v) is 2.17. The van der Waals surface area contributed by atoms with Crippen LogP contribution in [-0.4, -0.2) is 19.5 Å². The van der Waals surface area contributed by atoms with E-state index in [2.05, 4.69) is 15.0 Å². The van der Waals surface area contributed by atoms with Gasteiger partial charge < -0.3 is 10.3 Å². The molecule has 13 heavy (non-hydrogen) atoms. The van der Waals surface area contributed by atoms with Gasteiger partial charge in [-0.3, -0.25) is 0 Å². The van der Waals surface area contributed by atoms with Crippen LogP contribution < -0.4 is 5.73 Å². The number of fused-ring (bicyclic) bond motifs is 1. The highest BCUT2D eigenvalue weighted by Crippen LogP contribution is 2.21. The van der Waals surface area contributed by atoms with E-state index >= 15 is 0 Å². The van der Waals surface area contributed by atoms with Gasteiger partial charge in [0.15, 0.2) is 17.0 Å². The van der Waals surface area contributed by atoms with Crippen LogP contribution in [0, 0.1) is 0 Å². The number of rotatable bonds is 0. The Kier molecular flexibility index (Phi) is 1.78. The normalized spacial score (nSPS) is 11.0. The lowest BCUT2D eigenvalue weighted by Crippen LogP contribution is -1.96. The Hall–Kier alpha value is -1.07. The van der Waals surface area contributed by atoms with E-state index in [-0.39, 0.29) is 11.1 Å². The van der Waals surface area contributed by atoms with Gasteiger partial charge in [-0.15, -0.1) is 0 Å². The molecule has 2 heterocycles. The second-order valence-corrected chi connectivity index (χ2v) is 3.17. The molecule has 7 heteroatoms. The molecule has 2 aromatic heterocycles. The van der Waals surface area contributed by atoms with E-state index in [0.717, 1.165) is 0 Å². The van der Waals surface area contributed by atoms with Crippen LogP contribution in [0.4, 0.5) is 5.82 Å². The molecule has 0 spiro atoms. The molecule has 0 aliphatic heterocycles. The average molecular weight is 218 g/mol. The summed E-state index contributed by atoms with van der Waals surface area (Å²) in [4.78, 5) is 11.7. The second-order valence-electron chi connectivity index (χ2n) is 2.49. The number of nitrogens with two attached hydrogens (primary N) is 1. The molecule has 0 saturated heterocycles. The Balaban J connectivity index is 2.94. The molecular weight excluding hydrogens is 213 g/mol. The number of aromatic nitrogens is 4. The fourth-order valence-electron chi connectivity index (χ4n) is 1.03. The van der Waals surface area contributed by atoms with Crippen molar-refractivity contribution in [1.29, 1.82) is 0 Å². The molecule has 0 saturated carbocycles. The third-order valence-electron chi connectivity index (χ3n) is 1.66. The Morgan fingerprint density at radius 2 is 1.92 bits per heavy atom. The monoisotopic (exact) mass is 217 g/mol. The maximum Gasteiger partial charge on any atom is 0.226 e. The summed E-state index contributed by atoms with van der Waals surface area (Å²) in [5.74, 6) is 0.234. The van der Waals surface area contributed by atoms with Gasteiger partial charge in [-0.05, 0) is 23.2 Å². The molecule has 0 aliphatic carbocycles. The quantitative estimate of drug-likeness (QED) is 0.533. The summed E-state index contributed by atoms with van der Waals surface area (Å²) in [6, 6.07) is 0. The largest absolute Gasteiger partial charge is 0.382 e. The molecule has 0 bridgehead atoms. The molecule has 2 aromatic rings. The molecule has 5 nitrogen and oxygen atoms in total. The standard InChI is InChI=1S/C6H5Cl2N5/c1-13-4-2(10-6(13)8)3(9)11-5(7)12-4/h1H3,(H2,9,11,12). The Morgan fingerprint density at radius 1 is 1.23 bits per heavy atom. The van der Waals surface area contributed by atoms with E-state index in [1.807, 2.05) is 0 Å². The van der Waals surface area contributed by atoms with Crippen molar-refractivity contribution in [1.82, 2.24) is 19.5 Å². The van der Waals surface area contributed by atoms with Crippen LogP contribution in [0.25, 0.3) is 11.2 Å². The topological polar surface area (TPSA) is 69.6 Å². The van der Waals surface area contributed by atoms with Crippen LogP contribution in [0.5, 0.6) is 0 Å². The van der Waals surface area contributed by atoms with E-state index in [9.17, 15) is 0 Å². The molecular formula is C6H5Cl2N5. The van der Waals surface area contributed by atoms with E-state index < -0.39 is 0 Å². The minimum Gasteiger partial charge on any atom is -0.382 e. The molecule has 2 rings (SSSR count). The number of nitrogen functional groups attached to an aromatic ring is 1. The van der Waals surface area contributed by atoms with Crippen LogP contribution in [0.1, 0.15) is 0 Å². The van der Waals surface area contributed by atoms with Gasteiger partial charge in [-0.25, -0.2) is 4.98 Å². The van der Waals surface area contributed by atoms with Gasteiger partial charge in [0.2, 0.25) is 10.6 Å². The van der Waals surface area contributed by atoms with Crippen LogP contribution in [-0.2, 0) is 7.05 Å². The highest BCUT2D eigenvalue weighted by Gasteiger charge is 2.11.